The van der Waals surface area contributed by atoms with Crippen LogP contribution in [0.1, 0.15) is 87.8 Å². The standard InChI is InChI=1S/C33H46P.ClH/c1-5-6-7-8-9-10-11-12-13-14-27-34(31-21-15-28(2)16-22-31,32-23-17-29(3)18-24-32)33-25-19-30(4)20-26-33;/h15-26H,5-14,27H2,1-4H3;1H/q+1;/p-1. The third-order valence-corrected chi connectivity index (χ3v) is 11.8. The van der Waals surface area contributed by atoms with Crippen LogP contribution in [0.15, 0.2) is 72.8 Å². The molecule has 0 aromatic heterocycles. The highest BCUT2D eigenvalue weighted by Gasteiger charge is 2.44. The first-order valence-electron chi connectivity index (χ1n) is 13.7. The van der Waals surface area contributed by atoms with Gasteiger partial charge in [-0.2, -0.15) is 0 Å². The minimum atomic E-state index is -1.69. The number of hydrogen-bond donors (Lipinski definition) is 0. The number of unbranched alkanes of at least 4 members (excludes halogenated alkanes) is 9. The van der Waals surface area contributed by atoms with Crippen LogP contribution in [-0.4, -0.2) is 6.16 Å². The van der Waals surface area contributed by atoms with Gasteiger partial charge in [-0.05, 0) is 70.0 Å². The zero-order valence-electron chi connectivity index (χ0n) is 22.5. The van der Waals surface area contributed by atoms with Crippen molar-refractivity contribution in [3.05, 3.63) is 89.5 Å². The van der Waals surface area contributed by atoms with Gasteiger partial charge in [0.1, 0.15) is 23.2 Å². The Morgan fingerprint density at radius 1 is 0.429 bits per heavy atom. The van der Waals surface area contributed by atoms with Gasteiger partial charge in [0.25, 0.3) is 0 Å². The summed E-state index contributed by atoms with van der Waals surface area (Å²) in [5.74, 6) is 0. The highest BCUT2D eigenvalue weighted by Crippen LogP contribution is 2.56. The monoisotopic (exact) mass is 508 g/mol. The van der Waals surface area contributed by atoms with Crippen LogP contribution >= 0.6 is 7.26 Å². The van der Waals surface area contributed by atoms with Gasteiger partial charge in [0.2, 0.25) is 0 Å². The van der Waals surface area contributed by atoms with Crippen molar-refractivity contribution >= 4 is 23.2 Å². The van der Waals surface area contributed by atoms with E-state index >= 15 is 0 Å². The summed E-state index contributed by atoms with van der Waals surface area (Å²) in [6.45, 7) is 8.89. The highest BCUT2D eigenvalue weighted by molar-refractivity contribution is 7.95. The summed E-state index contributed by atoms with van der Waals surface area (Å²) in [6.07, 6.45) is 15.1. The van der Waals surface area contributed by atoms with Crippen molar-refractivity contribution in [3.63, 3.8) is 0 Å². The molecule has 0 fully saturated rings. The molecule has 35 heavy (non-hydrogen) atoms. The highest BCUT2D eigenvalue weighted by atomic mass is 35.5. The predicted octanol–water partition coefficient (Wildman–Crippen LogP) is 5.83. The second-order valence-electron chi connectivity index (χ2n) is 10.2. The Hall–Kier alpha value is -1.62. The maximum Gasteiger partial charge on any atom is 0.112 e. The number of hydrogen-bond acceptors (Lipinski definition) is 0. The van der Waals surface area contributed by atoms with Crippen molar-refractivity contribution in [2.45, 2.75) is 91.9 Å². The number of rotatable bonds is 14. The average molecular weight is 509 g/mol. The number of aryl methyl sites for hydroxylation is 3. The van der Waals surface area contributed by atoms with Crippen molar-refractivity contribution in [1.29, 1.82) is 0 Å². The molecule has 0 saturated carbocycles. The van der Waals surface area contributed by atoms with E-state index in [9.17, 15) is 0 Å². The van der Waals surface area contributed by atoms with Crippen molar-refractivity contribution in [2.24, 2.45) is 0 Å². The van der Waals surface area contributed by atoms with Crippen LogP contribution in [0.25, 0.3) is 0 Å². The fourth-order valence-electron chi connectivity index (χ4n) is 5.07. The van der Waals surface area contributed by atoms with Crippen molar-refractivity contribution in [1.82, 2.24) is 0 Å². The minimum Gasteiger partial charge on any atom is -1.00 e. The third kappa shape index (κ3) is 8.48. The molecule has 0 radical (unpaired) electrons. The first-order valence-corrected chi connectivity index (χ1v) is 15.6. The second-order valence-corrected chi connectivity index (χ2v) is 13.8. The van der Waals surface area contributed by atoms with E-state index in [0.717, 1.165) is 0 Å². The van der Waals surface area contributed by atoms with Crippen molar-refractivity contribution < 1.29 is 12.4 Å². The molecule has 0 bridgehead atoms. The molecule has 3 rings (SSSR count). The lowest BCUT2D eigenvalue weighted by atomic mass is 10.1. The van der Waals surface area contributed by atoms with Gasteiger partial charge in [-0.25, -0.2) is 0 Å². The maximum atomic E-state index is 2.42. The fourth-order valence-corrected chi connectivity index (χ4v) is 9.41. The molecule has 0 unspecified atom stereocenters. The third-order valence-electron chi connectivity index (χ3n) is 7.27. The van der Waals surface area contributed by atoms with Gasteiger partial charge in [0, 0.05) is 0 Å². The van der Waals surface area contributed by atoms with Crippen LogP contribution in [0.5, 0.6) is 0 Å². The van der Waals surface area contributed by atoms with Crippen LogP contribution in [-0.2, 0) is 0 Å². The van der Waals surface area contributed by atoms with Crippen LogP contribution in [0.3, 0.4) is 0 Å². The molecule has 190 valence electrons. The Morgan fingerprint density at radius 2 is 0.714 bits per heavy atom. The van der Waals surface area contributed by atoms with Crippen LogP contribution in [0, 0.1) is 20.8 Å². The van der Waals surface area contributed by atoms with Gasteiger partial charge in [-0.15, -0.1) is 0 Å². The molecule has 0 aliphatic carbocycles. The SMILES string of the molecule is CCCCCCCCCCCC[P+](c1ccc(C)cc1)(c1ccc(C)cc1)c1ccc(C)cc1.[Cl-]. The number of benzene rings is 3. The molecule has 3 aromatic carbocycles. The molecule has 2 heteroatoms. The molecule has 0 N–H and O–H groups in total. The summed E-state index contributed by atoms with van der Waals surface area (Å²) in [7, 11) is -1.69. The van der Waals surface area contributed by atoms with E-state index in [1.165, 1.54) is 103 Å². The Labute approximate surface area is 222 Å². The zero-order valence-corrected chi connectivity index (χ0v) is 24.2. The molecule has 0 aliphatic heterocycles. The second kappa shape index (κ2) is 15.5. The Kier molecular flexibility index (Phi) is 13.1. The molecule has 0 nitrogen and oxygen atoms in total. The summed E-state index contributed by atoms with van der Waals surface area (Å²) in [5, 5.41) is 4.59. The smallest absolute Gasteiger partial charge is 0.112 e. The molecular weight excluding hydrogens is 463 g/mol. The molecule has 0 heterocycles. The normalized spacial score (nSPS) is 11.3. The van der Waals surface area contributed by atoms with Crippen LogP contribution in [0.2, 0.25) is 0 Å². The van der Waals surface area contributed by atoms with E-state index in [1.54, 1.807) is 0 Å². The van der Waals surface area contributed by atoms with Gasteiger partial charge in [0.05, 0.1) is 6.16 Å². The number of halogens is 1. The van der Waals surface area contributed by atoms with E-state index < -0.39 is 7.26 Å². The lowest BCUT2D eigenvalue weighted by Crippen LogP contribution is -3.00. The molecule has 0 spiro atoms. The molecular formula is C33H46ClP. The van der Waals surface area contributed by atoms with Gasteiger partial charge < -0.3 is 12.4 Å². The van der Waals surface area contributed by atoms with E-state index in [0.29, 0.717) is 0 Å². The Balaban J connectivity index is 0.00000432. The molecule has 0 aliphatic rings. The summed E-state index contributed by atoms with van der Waals surface area (Å²) in [4.78, 5) is 0. The predicted molar refractivity (Wildman–Crippen MR) is 156 cm³/mol. The van der Waals surface area contributed by atoms with Crippen molar-refractivity contribution in [2.75, 3.05) is 6.16 Å². The van der Waals surface area contributed by atoms with Gasteiger partial charge in [-0.3, -0.25) is 0 Å². The molecule has 0 atom stereocenters. The lowest BCUT2D eigenvalue weighted by Gasteiger charge is -2.28. The quantitative estimate of drug-likeness (QED) is 0.190. The zero-order chi connectivity index (χ0) is 24.2. The van der Waals surface area contributed by atoms with E-state index in [2.05, 4.69) is 100 Å². The van der Waals surface area contributed by atoms with Crippen LogP contribution in [0.4, 0.5) is 0 Å². The summed E-state index contributed by atoms with van der Waals surface area (Å²) in [5.41, 5.74) is 4.02. The van der Waals surface area contributed by atoms with Crippen LogP contribution < -0.4 is 28.3 Å². The minimum absolute atomic E-state index is 0. The largest absolute Gasteiger partial charge is 1.00 e. The van der Waals surface area contributed by atoms with Crippen molar-refractivity contribution in [3.8, 4) is 0 Å². The Morgan fingerprint density at radius 3 is 1.03 bits per heavy atom. The van der Waals surface area contributed by atoms with Gasteiger partial charge in [0.15, 0.2) is 0 Å². The van der Waals surface area contributed by atoms with E-state index in [-0.39, 0.29) is 12.4 Å². The summed E-state index contributed by atoms with van der Waals surface area (Å²) >= 11 is 0. The van der Waals surface area contributed by atoms with E-state index in [1.807, 2.05) is 0 Å². The topological polar surface area (TPSA) is 0 Å². The molecule has 0 saturated heterocycles. The van der Waals surface area contributed by atoms with Gasteiger partial charge in [-0.1, -0.05) is 111 Å². The molecule has 0 amide bonds. The lowest BCUT2D eigenvalue weighted by molar-refractivity contribution is -0.00000719. The Bertz CT molecular complexity index is 847. The van der Waals surface area contributed by atoms with E-state index in [4.69, 9.17) is 0 Å². The molecule has 3 aromatic rings. The summed E-state index contributed by atoms with van der Waals surface area (Å²) < 4.78 is 0. The maximum absolute atomic E-state index is 2.42. The van der Waals surface area contributed by atoms with Gasteiger partial charge >= 0.3 is 0 Å². The first-order chi connectivity index (χ1) is 16.6. The average Bonchev–Trinajstić information content (AvgIpc) is 2.85. The first kappa shape index (κ1) is 29.6. The fraction of sp³-hybridized carbons (Fsp3) is 0.455. The summed E-state index contributed by atoms with van der Waals surface area (Å²) in [6, 6.07) is 28.4.